The van der Waals surface area contributed by atoms with Gasteiger partial charge < -0.3 is 0 Å². The second-order valence-electron chi connectivity index (χ2n) is 2.74. The molecule has 0 atom stereocenters. The average Bonchev–Trinajstić information content (AvgIpc) is 2.88. The van der Waals surface area contributed by atoms with E-state index in [0.29, 0.717) is 0 Å². The maximum Gasteiger partial charge on any atom is 0.116 e. The summed E-state index contributed by atoms with van der Waals surface area (Å²) in [7, 11) is 0. The molecule has 74 valence electrons. The summed E-state index contributed by atoms with van der Waals surface area (Å²) in [6.45, 7) is 0. The lowest BCUT2D eigenvalue weighted by Gasteiger charge is -1.90. The molecule has 3 aromatic rings. The maximum atomic E-state index is 4.07. The van der Waals surface area contributed by atoms with Crippen LogP contribution >= 0.6 is 0 Å². The average molecular weight is 199 g/mol. The maximum absolute atomic E-state index is 4.07. The summed E-state index contributed by atoms with van der Waals surface area (Å²) < 4.78 is 0. The van der Waals surface area contributed by atoms with Gasteiger partial charge in [-0.15, -0.1) is 0 Å². The molecule has 5 heteroatoms. The molecule has 5 nitrogen and oxygen atoms in total. The molecule has 0 radical (unpaired) electrons. The highest BCUT2D eigenvalue weighted by Crippen LogP contribution is 2.06. The van der Waals surface area contributed by atoms with Gasteiger partial charge in [-0.1, -0.05) is 18.2 Å². The van der Waals surface area contributed by atoms with Gasteiger partial charge in [0.25, 0.3) is 0 Å². The molecule has 0 aliphatic carbocycles. The fourth-order valence-corrected chi connectivity index (χ4v) is 1.09. The van der Waals surface area contributed by atoms with E-state index < -0.39 is 0 Å². The monoisotopic (exact) mass is 199 g/mol. The van der Waals surface area contributed by atoms with Crippen LogP contribution in [0.2, 0.25) is 0 Å². The number of hydrogen-bond donors (Lipinski definition) is 1. The number of aromatic nitrogens is 5. The Morgan fingerprint density at radius 3 is 2.47 bits per heavy atom. The van der Waals surface area contributed by atoms with E-state index in [2.05, 4.69) is 25.4 Å². The van der Waals surface area contributed by atoms with Gasteiger partial charge in [0.05, 0.1) is 17.9 Å². The van der Waals surface area contributed by atoms with Crippen LogP contribution in [-0.2, 0) is 0 Å². The zero-order chi connectivity index (χ0) is 10.3. The highest BCUT2D eigenvalue weighted by Gasteiger charge is 1.87. The summed E-state index contributed by atoms with van der Waals surface area (Å²) in [5.74, 6) is 0. The minimum Gasteiger partial charge on any atom is -0.244 e. The quantitative estimate of drug-likeness (QED) is 0.594. The third-order valence-corrected chi connectivity index (χ3v) is 1.75. The molecule has 0 aliphatic heterocycles. The largest absolute Gasteiger partial charge is 0.244 e. The van der Waals surface area contributed by atoms with Gasteiger partial charge in [-0.05, 0) is 6.07 Å². The Bertz CT molecular complexity index is 423. The minimum atomic E-state index is 0.998. The van der Waals surface area contributed by atoms with Crippen molar-refractivity contribution in [3.05, 3.63) is 49.2 Å². The zero-order valence-corrected chi connectivity index (χ0v) is 7.91. The van der Waals surface area contributed by atoms with Crippen molar-refractivity contribution < 1.29 is 0 Å². The molecule has 2 aromatic heterocycles. The molecule has 0 bridgehead atoms. The third kappa shape index (κ3) is 2.57. The van der Waals surface area contributed by atoms with E-state index in [1.54, 1.807) is 18.7 Å². The second-order valence-corrected chi connectivity index (χ2v) is 2.74. The van der Waals surface area contributed by atoms with Crippen LogP contribution in [0.5, 0.6) is 0 Å². The van der Waals surface area contributed by atoms with Gasteiger partial charge in [0.1, 0.15) is 6.33 Å². The summed E-state index contributed by atoms with van der Waals surface area (Å²) in [4.78, 5) is 7.97. The molecule has 0 saturated heterocycles. The normalized spacial score (nSPS) is 9.33. The van der Waals surface area contributed by atoms with Crippen molar-refractivity contribution >= 4 is 10.9 Å². The lowest BCUT2D eigenvalue weighted by molar-refractivity contribution is 0.940. The molecule has 0 aliphatic rings. The molecule has 1 aromatic carbocycles. The highest BCUT2D eigenvalue weighted by atomic mass is 15.3. The SMILES string of the molecule is c1ccc2ncncc2c1.c1cn[nH]n1. The molecule has 0 fully saturated rings. The Balaban J connectivity index is 0.000000144. The summed E-state index contributed by atoms with van der Waals surface area (Å²) in [6.07, 6.45) is 6.53. The van der Waals surface area contributed by atoms with Crippen molar-refractivity contribution in [3.8, 4) is 0 Å². The lowest BCUT2D eigenvalue weighted by atomic mass is 10.2. The van der Waals surface area contributed by atoms with E-state index >= 15 is 0 Å². The number of para-hydroxylation sites is 1. The number of hydrogen-bond acceptors (Lipinski definition) is 4. The first-order valence-electron chi connectivity index (χ1n) is 4.41. The third-order valence-electron chi connectivity index (χ3n) is 1.75. The van der Waals surface area contributed by atoms with E-state index in [4.69, 9.17) is 0 Å². The van der Waals surface area contributed by atoms with Crippen molar-refractivity contribution in [3.63, 3.8) is 0 Å². The first-order chi connectivity index (χ1) is 7.47. The number of fused-ring (bicyclic) bond motifs is 1. The molecule has 0 saturated carbocycles. The molecule has 0 spiro atoms. The van der Waals surface area contributed by atoms with Gasteiger partial charge in [0.15, 0.2) is 0 Å². The van der Waals surface area contributed by atoms with Crippen molar-refractivity contribution in [1.82, 2.24) is 25.4 Å². The number of H-pyrrole nitrogens is 1. The molecule has 1 N–H and O–H groups in total. The van der Waals surface area contributed by atoms with E-state index in [1.807, 2.05) is 30.5 Å². The second kappa shape index (κ2) is 4.80. The van der Waals surface area contributed by atoms with Crippen LogP contribution < -0.4 is 0 Å². The fourth-order valence-electron chi connectivity index (χ4n) is 1.09. The standard InChI is InChI=1S/C8H6N2.C2H3N3/c1-2-4-8-7(3-1)5-9-6-10-8;1-2-4-5-3-1/h1-6H;1-2H,(H,3,4,5). The number of benzene rings is 1. The van der Waals surface area contributed by atoms with Crippen LogP contribution in [0.4, 0.5) is 0 Å². The molecule has 15 heavy (non-hydrogen) atoms. The molecule has 2 heterocycles. The van der Waals surface area contributed by atoms with Crippen molar-refractivity contribution in [1.29, 1.82) is 0 Å². The predicted molar refractivity (Wildman–Crippen MR) is 55.9 cm³/mol. The number of nitrogens with zero attached hydrogens (tertiary/aromatic N) is 4. The van der Waals surface area contributed by atoms with Gasteiger partial charge in [-0.25, -0.2) is 9.97 Å². The molecular formula is C10H9N5. The fraction of sp³-hybridized carbons (Fsp3) is 0. The lowest BCUT2D eigenvalue weighted by Crippen LogP contribution is -1.77. The van der Waals surface area contributed by atoms with Gasteiger partial charge in [-0.3, -0.25) is 0 Å². The van der Waals surface area contributed by atoms with E-state index in [0.717, 1.165) is 10.9 Å². The van der Waals surface area contributed by atoms with Gasteiger partial charge in [0, 0.05) is 11.6 Å². The molecule has 3 rings (SSSR count). The highest BCUT2D eigenvalue weighted by molar-refractivity contribution is 5.76. The van der Waals surface area contributed by atoms with E-state index in [-0.39, 0.29) is 0 Å². The van der Waals surface area contributed by atoms with Crippen molar-refractivity contribution in [2.75, 3.05) is 0 Å². The molecule has 0 amide bonds. The van der Waals surface area contributed by atoms with Crippen molar-refractivity contribution in [2.24, 2.45) is 0 Å². The Kier molecular flexibility index (Phi) is 2.97. The summed E-state index contributed by atoms with van der Waals surface area (Å²) in [6, 6.07) is 7.91. The summed E-state index contributed by atoms with van der Waals surface area (Å²) in [5, 5.41) is 10.4. The first-order valence-corrected chi connectivity index (χ1v) is 4.41. The van der Waals surface area contributed by atoms with Crippen LogP contribution in [0, 0.1) is 0 Å². The van der Waals surface area contributed by atoms with Gasteiger partial charge in [0.2, 0.25) is 0 Å². The topological polar surface area (TPSA) is 67.3 Å². The predicted octanol–water partition coefficient (Wildman–Crippen LogP) is 1.43. The summed E-state index contributed by atoms with van der Waals surface area (Å²) >= 11 is 0. The van der Waals surface area contributed by atoms with Crippen LogP contribution in [0.15, 0.2) is 49.2 Å². The van der Waals surface area contributed by atoms with E-state index in [1.165, 1.54) is 0 Å². The van der Waals surface area contributed by atoms with Gasteiger partial charge >= 0.3 is 0 Å². The Morgan fingerprint density at radius 2 is 1.80 bits per heavy atom. The Morgan fingerprint density at radius 1 is 1.00 bits per heavy atom. The number of nitrogens with one attached hydrogen (secondary N) is 1. The molecule has 0 unspecified atom stereocenters. The number of rotatable bonds is 0. The minimum absolute atomic E-state index is 0.998. The van der Waals surface area contributed by atoms with Crippen LogP contribution in [0.25, 0.3) is 10.9 Å². The molecular weight excluding hydrogens is 190 g/mol. The van der Waals surface area contributed by atoms with Crippen molar-refractivity contribution in [2.45, 2.75) is 0 Å². The van der Waals surface area contributed by atoms with Crippen LogP contribution in [0.1, 0.15) is 0 Å². The van der Waals surface area contributed by atoms with E-state index in [9.17, 15) is 0 Å². The van der Waals surface area contributed by atoms with Crippen LogP contribution in [0.3, 0.4) is 0 Å². The van der Waals surface area contributed by atoms with Gasteiger partial charge in [-0.2, -0.15) is 15.4 Å². The number of aromatic amines is 1. The zero-order valence-electron chi connectivity index (χ0n) is 7.91. The smallest absolute Gasteiger partial charge is 0.116 e. The summed E-state index contributed by atoms with van der Waals surface area (Å²) in [5.41, 5.74) is 0.998. The first kappa shape index (κ1) is 9.26. The van der Waals surface area contributed by atoms with Crippen LogP contribution in [-0.4, -0.2) is 25.4 Å². The Hall–Kier alpha value is -2.30. The Labute approximate surface area is 86.2 Å².